The van der Waals surface area contributed by atoms with Crippen molar-refractivity contribution in [3.8, 4) is 23.4 Å². The summed E-state index contributed by atoms with van der Waals surface area (Å²) in [7, 11) is 0. The van der Waals surface area contributed by atoms with E-state index in [2.05, 4.69) is 16.4 Å². The highest BCUT2D eigenvalue weighted by atomic mass is 16.5. The van der Waals surface area contributed by atoms with Gasteiger partial charge in [-0.25, -0.2) is 4.98 Å². The Balaban J connectivity index is 1.65. The van der Waals surface area contributed by atoms with Crippen LogP contribution in [0.2, 0.25) is 0 Å². The Kier molecular flexibility index (Phi) is 5.89. The van der Waals surface area contributed by atoms with Crippen LogP contribution in [0.15, 0.2) is 36.5 Å². The van der Waals surface area contributed by atoms with E-state index in [4.69, 9.17) is 15.2 Å². The first-order chi connectivity index (χ1) is 13.1. The number of aromatic nitrogens is 1. The van der Waals surface area contributed by atoms with E-state index >= 15 is 0 Å². The van der Waals surface area contributed by atoms with Gasteiger partial charge in [-0.2, -0.15) is 5.26 Å². The summed E-state index contributed by atoms with van der Waals surface area (Å²) in [5.74, 6) is 1.74. The third-order valence-electron chi connectivity index (χ3n) is 4.25. The summed E-state index contributed by atoms with van der Waals surface area (Å²) in [6, 6.07) is 9.97. The van der Waals surface area contributed by atoms with E-state index in [1.54, 1.807) is 30.3 Å². The number of anilines is 1. The van der Waals surface area contributed by atoms with Crippen LogP contribution < -0.4 is 20.5 Å². The quantitative estimate of drug-likeness (QED) is 0.742. The fourth-order valence-electron chi connectivity index (χ4n) is 2.33. The summed E-state index contributed by atoms with van der Waals surface area (Å²) in [4.78, 5) is 16.0. The maximum absolute atomic E-state index is 11.8. The molecule has 1 aromatic heterocycles. The van der Waals surface area contributed by atoms with E-state index in [0.29, 0.717) is 47.6 Å². The van der Waals surface area contributed by atoms with Gasteiger partial charge in [0.2, 0.25) is 11.8 Å². The topological polar surface area (TPSA) is 110 Å². The summed E-state index contributed by atoms with van der Waals surface area (Å²) in [5, 5.41) is 11.9. The zero-order valence-corrected chi connectivity index (χ0v) is 15.1. The van der Waals surface area contributed by atoms with Gasteiger partial charge in [-0.3, -0.25) is 4.79 Å². The molecule has 1 aliphatic carbocycles. The Morgan fingerprint density at radius 1 is 1.41 bits per heavy atom. The molecule has 0 spiro atoms. The lowest BCUT2D eigenvalue weighted by Crippen LogP contribution is -2.34. The minimum absolute atomic E-state index is 0.252. The molecule has 1 aliphatic rings. The zero-order valence-electron chi connectivity index (χ0n) is 15.1. The van der Waals surface area contributed by atoms with E-state index in [9.17, 15) is 10.1 Å². The van der Waals surface area contributed by atoms with Gasteiger partial charge in [0.05, 0.1) is 30.1 Å². The summed E-state index contributed by atoms with van der Waals surface area (Å²) in [6.07, 6.45) is 4.41. The second-order valence-electron chi connectivity index (χ2n) is 6.52. The number of rotatable bonds is 8. The molecule has 1 unspecified atom stereocenters. The summed E-state index contributed by atoms with van der Waals surface area (Å²) in [5.41, 5.74) is 6.71. The molecule has 1 heterocycles. The first-order valence-electron chi connectivity index (χ1n) is 8.96. The third-order valence-corrected chi connectivity index (χ3v) is 4.25. The fraction of sp³-hybridized carbons (Fsp3) is 0.350. The van der Waals surface area contributed by atoms with Crippen molar-refractivity contribution in [2.24, 2.45) is 11.7 Å². The molecule has 2 aromatic rings. The molecule has 3 rings (SSSR count). The Morgan fingerprint density at radius 2 is 2.22 bits per heavy atom. The Hall–Kier alpha value is -3.11. The molecule has 140 valence electrons. The predicted molar refractivity (Wildman–Crippen MR) is 101 cm³/mol. The van der Waals surface area contributed by atoms with Gasteiger partial charge >= 0.3 is 0 Å². The number of hydrogen-bond acceptors (Lipinski definition) is 6. The molecule has 0 radical (unpaired) electrons. The van der Waals surface area contributed by atoms with Gasteiger partial charge in [0.25, 0.3) is 0 Å². The highest BCUT2D eigenvalue weighted by Gasteiger charge is 2.22. The number of nitrogens with one attached hydrogen (secondary N) is 1. The number of nitrogens with zero attached hydrogens (tertiary/aromatic N) is 2. The van der Waals surface area contributed by atoms with Gasteiger partial charge < -0.3 is 20.5 Å². The number of ether oxygens (including phenoxy) is 2. The fourth-order valence-corrected chi connectivity index (χ4v) is 2.33. The third kappa shape index (κ3) is 5.19. The van der Waals surface area contributed by atoms with Crippen molar-refractivity contribution >= 4 is 11.6 Å². The first kappa shape index (κ1) is 18.7. The minimum atomic E-state index is -0.548. The van der Waals surface area contributed by atoms with Gasteiger partial charge in [-0.15, -0.1) is 0 Å². The Bertz CT molecular complexity index is 841. The van der Waals surface area contributed by atoms with Crippen LogP contribution in [0.1, 0.15) is 31.7 Å². The lowest BCUT2D eigenvalue weighted by atomic mass is 10.2. The normalized spacial score (nSPS) is 14.1. The van der Waals surface area contributed by atoms with Crippen molar-refractivity contribution in [2.75, 3.05) is 11.9 Å². The van der Waals surface area contributed by atoms with Crippen LogP contribution in [0.5, 0.6) is 17.4 Å². The van der Waals surface area contributed by atoms with Crippen molar-refractivity contribution < 1.29 is 14.3 Å². The average Bonchev–Trinajstić information content (AvgIpc) is 3.52. The van der Waals surface area contributed by atoms with Gasteiger partial charge in [-0.1, -0.05) is 6.92 Å². The molecule has 7 nitrogen and oxygen atoms in total. The number of hydrogen-bond donors (Lipinski definition) is 2. The van der Waals surface area contributed by atoms with Crippen LogP contribution in [-0.4, -0.2) is 23.5 Å². The second kappa shape index (κ2) is 8.52. The van der Waals surface area contributed by atoms with E-state index in [1.807, 2.05) is 6.92 Å². The highest BCUT2D eigenvalue weighted by Crippen LogP contribution is 2.32. The van der Waals surface area contributed by atoms with Gasteiger partial charge in [0.1, 0.15) is 17.6 Å². The van der Waals surface area contributed by atoms with Gasteiger partial charge in [0, 0.05) is 12.1 Å². The van der Waals surface area contributed by atoms with Gasteiger partial charge in [0.15, 0.2) is 0 Å². The van der Waals surface area contributed by atoms with E-state index < -0.39 is 6.04 Å². The first-order valence-corrected chi connectivity index (χ1v) is 8.96. The number of nitriles is 1. The molecule has 27 heavy (non-hydrogen) atoms. The highest BCUT2D eigenvalue weighted by molar-refractivity contribution is 5.94. The van der Waals surface area contributed by atoms with Crippen LogP contribution in [0.4, 0.5) is 5.69 Å². The second-order valence-corrected chi connectivity index (χ2v) is 6.52. The average molecular weight is 366 g/mol. The maximum atomic E-state index is 11.8. The summed E-state index contributed by atoms with van der Waals surface area (Å²) >= 11 is 0. The van der Waals surface area contributed by atoms with Crippen molar-refractivity contribution in [3.63, 3.8) is 0 Å². The Morgan fingerprint density at radius 3 is 2.85 bits per heavy atom. The number of carbonyl (C=O) groups is 1. The largest absolute Gasteiger partial charge is 0.492 e. The lowest BCUT2D eigenvalue weighted by Gasteiger charge is -2.11. The molecule has 1 aromatic carbocycles. The monoisotopic (exact) mass is 366 g/mol. The SMILES string of the molecule is CCC(N)C(=O)Nc1ccc(Oc2ccc(C#N)c(OCC3CC3)c2)nc1. The summed E-state index contributed by atoms with van der Waals surface area (Å²) in [6.45, 7) is 2.46. The van der Waals surface area contributed by atoms with Gasteiger partial charge in [-0.05, 0) is 43.4 Å². The maximum Gasteiger partial charge on any atom is 0.241 e. The molecule has 1 amide bonds. The van der Waals surface area contributed by atoms with Crippen LogP contribution in [-0.2, 0) is 4.79 Å². The van der Waals surface area contributed by atoms with Crippen LogP contribution in [0.3, 0.4) is 0 Å². The van der Waals surface area contributed by atoms with Crippen molar-refractivity contribution in [2.45, 2.75) is 32.2 Å². The molecule has 0 saturated heterocycles. The number of carbonyl (C=O) groups excluding carboxylic acids is 1. The molecule has 1 atom stereocenters. The molecular weight excluding hydrogens is 344 g/mol. The van der Waals surface area contributed by atoms with Crippen molar-refractivity contribution in [1.29, 1.82) is 5.26 Å². The van der Waals surface area contributed by atoms with Crippen LogP contribution >= 0.6 is 0 Å². The van der Waals surface area contributed by atoms with E-state index in [-0.39, 0.29) is 5.91 Å². The number of benzene rings is 1. The lowest BCUT2D eigenvalue weighted by molar-refractivity contribution is -0.117. The molecule has 1 saturated carbocycles. The van der Waals surface area contributed by atoms with E-state index in [1.165, 1.54) is 19.0 Å². The number of amides is 1. The van der Waals surface area contributed by atoms with Crippen molar-refractivity contribution in [3.05, 3.63) is 42.1 Å². The molecule has 0 aliphatic heterocycles. The predicted octanol–water partition coefficient (Wildman–Crippen LogP) is 3.21. The Labute approximate surface area is 158 Å². The number of nitrogens with two attached hydrogens (primary N) is 1. The summed E-state index contributed by atoms with van der Waals surface area (Å²) < 4.78 is 11.5. The minimum Gasteiger partial charge on any atom is -0.492 e. The molecule has 7 heteroatoms. The molecular formula is C20H22N4O3. The van der Waals surface area contributed by atoms with Crippen molar-refractivity contribution in [1.82, 2.24) is 4.98 Å². The molecule has 1 fully saturated rings. The number of pyridine rings is 1. The van der Waals surface area contributed by atoms with Crippen LogP contribution in [0.25, 0.3) is 0 Å². The standard InChI is InChI=1S/C20H22N4O3/c1-2-17(22)20(25)24-15-6-8-19(23-11-15)27-16-7-5-14(10-21)18(9-16)26-12-13-3-4-13/h5-9,11,13,17H,2-4,12,22H2,1H3,(H,24,25). The smallest absolute Gasteiger partial charge is 0.241 e. The molecule has 0 bridgehead atoms. The zero-order chi connectivity index (χ0) is 19.2. The van der Waals surface area contributed by atoms with E-state index in [0.717, 1.165) is 0 Å². The van der Waals surface area contributed by atoms with Crippen LogP contribution in [0, 0.1) is 17.2 Å². The molecule has 3 N–H and O–H groups in total.